The normalized spacial score (nSPS) is 7.25. The third-order valence-corrected chi connectivity index (χ3v) is 0.914. The number of halogens is 2. The Hall–Kier alpha value is -0.160. The van der Waals surface area contributed by atoms with E-state index in [1.807, 2.05) is 0 Å². The summed E-state index contributed by atoms with van der Waals surface area (Å²) in [6.07, 6.45) is 3.14. The molecule has 0 atom stereocenters. The standard InChI is InChI=1S/C6H6Cl2/c1-2-6(8)4-3-5-7/h2-3H,1,5H2. The summed E-state index contributed by atoms with van der Waals surface area (Å²) >= 11 is 10.7. The molecule has 0 bridgehead atoms. The fourth-order valence-electron chi connectivity index (χ4n) is 0.195. The molecule has 0 rings (SSSR count). The van der Waals surface area contributed by atoms with Crippen molar-refractivity contribution in [1.82, 2.24) is 0 Å². The molecule has 0 N–H and O–H groups in total. The van der Waals surface area contributed by atoms with Gasteiger partial charge in [-0.2, -0.15) is 0 Å². The van der Waals surface area contributed by atoms with Crippen LogP contribution < -0.4 is 0 Å². The van der Waals surface area contributed by atoms with Crippen LogP contribution in [-0.4, -0.2) is 5.88 Å². The van der Waals surface area contributed by atoms with E-state index < -0.39 is 0 Å². The molecule has 0 radical (unpaired) electrons. The molecule has 0 unspecified atom stereocenters. The zero-order chi connectivity index (χ0) is 6.41. The molecule has 0 aliphatic rings. The van der Waals surface area contributed by atoms with E-state index in [1.54, 1.807) is 6.08 Å². The average molecular weight is 149 g/mol. The lowest BCUT2D eigenvalue weighted by atomic mass is 10.5. The van der Waals surface area contributed by atoms with Crippen molar-refractivity contribution in [3.05, 3.63) is 29.5 Å². The van der Waals surface area contributed by atoms with E-state index >= 15 is 0 Å². The van der Waals surface area contributed by atoms with Crippen LogP contribution in [0.2, 0.25) is 0 Å². The number of allylic oxidation sites excluding steroid dienone is 2. The van der Waals surface area contributed by atoms with Crippen LogP contribution in [0, 0.1) is 0 Å². The zero-order valence-electron chi connectivity index (χ0n) is 4.32. The van der Waals surface area contributed by atoms with Crippen LogP contribution in [0.4, 0.5) is 0 Å². The Morgan fingerprint density at radius 2 is 2.38 bits per heavy atom. The molecule has 44 valence electrons. The van der Waals surface area contributed by atoms with Gasteiger partial charge < -0.3 is 0 Å². The van der Waals surface area contributed by atoms with Gasteiger partial charge in [0.1, 0.15) is 0 Å². The molecule has 0 aromatic heterocycles. The summed E-state index contributed by atoms with van der Waals surface area (Å²) in [5, 5.41) is 0.491. The zero-order valence-corrected chi connectivity index (χ0v) is 5.84. The van der Waals surface area contributed by atoms with E-state index in [4.69, 9.17) is 23.2 Å². The maximum Gasteiger partial charge on any atom is 0.0815 e. The largest absolute Gasteiger partial charge is 0.122 e. The van der Waals surface area contributed by atoms with Crippen LogP contribution in [0.1, 0.15) is 0 Å². The van der Waals surface area contributed by atoms with Gasteiger partial charge in [0.05, 0.1) is 5.03 Å². The van der Waals surface area contributed by atoms with Crippen molar-refractivity contribution in [2.45, 2.75) is 0 Å². The molecule has 8 heavy (non-hydrogen) atoms. The van der Waals surface area contributed by atoms with Gasteiger partial charge in [0.2, 0.25) is 0 Å². The van der Waals surface area contributed by atoms with Gasteiger partial charge in [0.15, 0.2) is 0 Å². The molecule has 0 heterocycles. The summed E-state index contributed by atoms with van der Waals surface area (Å²) in [4.78, 5) is 0. The minimum Gasteiger partial charge on any atom is -0.122 e. The summed E-state index contributed by atoms with van der Waals surface area (Å²) in [5.74, 6) is 0.435. The van der Waals surface area contributed by atoms with Gasteiger partial charge in [-0.3, -0.25) is 0 Å². The van der Waals surface area contributed by atoms with E-state index in [9.17, 15) is 0 Å². The molecule has 0 aromatic carbocycles. The number of rotatable bonds is 2. The monoisotopic (exact) mass is 148 g/mol. The van der Waals surface area contributed by atoms with E-state index in [0.29, 0.717) is 10.9 Å². The first-order valence-corrected chi connectivity index (χ1v) is 3.01. The van der Waals surface area contributed by atoms with Crippen molar-refractivity contribution < 1.29 is 0 Å². The Bertz CT molecular complexity index is 129. The molecule has 2 heteroatoms. The summed E-state index contributed by atoms with van der Waals surface area (Å²) < 4.78 is 0. The highest BCUT2D eigenvalue weighted by Gasteiger charge is 1.72. The van der Waals surface area contributed by atoms with Gasteiger partial charge in [0, 0.05) is 5.88 Å². The van der Waals surface area contributed by atoms with Crippen LogP contribution in [0.3, 0.4) is 0 Å². The van der Waals surface area contributed by atoms with E-state index in [-0.39, 0.29) is 0 Å². The van der Waals surface area contributed by atoms with Crippen LogP contribution in [-0.2, 0) is 0 Å². The molecular weight excluding hydrogens is 143 g/mol. The van der Waals surface area contributed by atoms with Crippen molar-refractivity contribution in [3.8, 4) is 0 Å². The van der Waals surface area contributed by atoms with Crippen LogP contribution in [0.15, 0.2) is 29.5 Å². The van der Waals surface area contributed by atoms with E-state index in [2.05, 4.69) is 12.3 Å². The summed E-state index contributed by atoms with van der Waals surface area (Å²) in [5.41, 5.74) is 2.69. The minimum atomic E-state index is 0.435. The van der Waals surface area contributed by atoms with Gasteiger partial charge in [-0.25, -0.2) is 0 Å². The molecule has 0 aliphatic heterocycles. The summed E-state index contributed by atoms with van der Waals surface area (Å²) in [6.45, 7) is 3.42. The molecule has 0 saturated carbocycles. The highest BCUT2D eigenvalue weighted by molar-refractivity contribution is 6.31. The predicted octanol–water partition coefficient (Wildman–Crippen LogP) is 2.69. The van der Waals surface area contributed by atoms with Gasteiger partial charge in [-0.05, 0) is 12.2 Å². The first-order valence-electron chi connectivity index (χ1n) is 2.10. The molecule has 0 aromatic rings. The highest BCUT2D eigenvalue weighted by Crippen LogP contribution is 1.97. The van der Waals surface area contributed by atoms with Crippen LogP contribution in [0.25, 0.3) is 0 Å². The van der Waals surface area contributed by atoms with Gasteiger partial charge in [-0.15, -0.1) is 17.3 Å². The third kappa shape index (κ3) is 4.01. The second kappa shape index (κ2) is 4.99. The summed E-state index contributed by atoms with van der Waals surface area (Å²) in [7, 11) is 0. The molecule has 0 fully saturated rings. The Balaban J connectivity index is 3.91. The summed E-state index contributed by atoms with van der Waals surface area (Å²) in [6, 6.07) is 0. The fraction of sp³-hybridized carbons (Fsp3) is 0.167. The van der Waals surface area contributed by atoms with Crippen LogP contribution in [0.5, 0.6) is 0 Å². The van der Waals surface area contributed by atoms with Crippen molar-refractivity contribution >= 4 is 23.2 Å². The second-order valence-corrected chi connectivity index (χ2v) is 1.77. The minimum absolute atomic E-state index is 0.435. The molecular formula is C6H6Cl2. The Morgan fingerprint density at radius 3 is 2.75 bits per heavy atom. The number of hydrogen-bond donors (Lipinski definition) is 0. The molecule has 0 nitrogen and oxygen atoms in total. The third-order valence-electron chi connectivity index (χ3n) is 0.496. The molecule has 0 saturated heterocycles. The van der Waals surface area contributed by atoms with Gasteiger partial charge >= 0.3 is 0 Å². The van der Waals surface area contributed by atoms with Crippen molar-refractivity contribution in [3.63, 3.8) is 0 Å². The quantitative estimate of drug-likeness (QED) is 0.321. The second-order valence-electron chi connectivity index (χ2n) is 1.05. The first-order chi connectivity index (χ1) is 3.81. The Morgan fingerprint density at radius 1 is 1.75 bits per heavy atom. The molecule has 0 aliphatic carbocycles. The average Bonchev–Trinajstić information content (AvgIpc) is 1.83. The highest BCUT2D eigenvalue weighted by atomic mass is 35.5. The van der Waals surface area contributed by atoms with Gasteiger partial charge in [-0.1, -0.05) is 18.2 Å². The smallest absolute Gasteiger partial charge is 0.0815 e. The Labute approximate surface area is 59.1 Å². The van der Waals surface area contributed by atoms with Crippen molar-refractivity contribution in [2.75, 3.05) is 5.88 Å². The lowest BCUT2D eigenvalue weighted by molar-refractivity contribution is 1.76. The topological polar surface area (TPSA) is 0 Å². The molecule has 0 amide bonds. The maximum absolute atomic E-state index is 5.44. The van der Waals surface area contributed by atoms with Gasteiger partial charge in [0.25, 0.3) is 0 Å². The lowest BCUT2D eigenvalue weighted by Gasteiger charge is -1.73. The van der Waals surface area contributed by atoms with E-state index in [0.717, 1.165) is 0 Å². The SMILES string of the molecule is C=CC(Cl)=C=CCCl. The number of hydrogen-bond acceptors (Lipinski definition) is 0. The van der Waals surface area contributed by atoms with E-state index in [1.165, 1.54) is 6.08 Å². The lowest BCUT2D eigenvalue weighted by Crippen LogP contribution is -1.56. The molecule has 0 spiro atoms. The maximum atomic E-state index is 5.44. The fourth-order valence-corrected chi connectivity index (χ4v) is 0.349. The van der Waals surface area contributed by atoms with Crippen molar-refractivity contribution in [2.24, 2.45) is 0 Å². The van der Waals surface area contributed by atoms with Crippen LogP contribution >= 0.6 is 23.2 Å². The van der Waals surface area contributed by atoms with Crippen molar-refractivity contribution in [1.29, 1.82) is 0 Å². The first kappa shape index (κ1) is 7.84. The predicted molar refractivity (Wildman–Crippen MR) is 38.4 cm³/mol. The number of alkyl halides is 1. The Kier molecular flexibility index (Phi) is 4.89.